The van der Waals surface area contributed by atoms with Crippen molar-refractivity contribution in [1.29, 1.82) is 0 Å². The van der Waals surface area contributed by atoms with Gasteiger partial charge in [0.2, 0.25) is 0 Å². The Bertz CT molecular complexity index is 276. The lowest BCUT2D eigenvalue weighted by atomic mass is 10.1. The number of alkyl halides is 2. The van der Waals surface area contributed by atoms with Gasteiger partial charge in [-0.15, -0.1) is 11.6 Å². The van der Waals surface area contributed by atoms with Gasteiger partial charge in [-0.1, -0.05) is 28.1 Å². The van der Waals surface area contributed by atoms with Crippen molar-refractivity contribution in [2.24, 2.45) is 0 Å². The van der Waals surface area contributed by atoms with E-state index in [-0.39, 0.29) is 0 Å². The van der Waals surface area contributed by atoms with Crippen molar-refractivity contribution in [3.05, 3.63) is 32.9 Å². The van der Waals surface area contributed by atoms with E-state index in [1.165, 1.54) is 21.1 Å². The summed E-state index contributed by atoms with van der Waals surface area (Å²) in [6, 6.07) is 6.52. The van der Waals surface area contributed by atoms with Gasteiger partial charge in [-0.2, -0.15) is 0 Å². The van der Waals surface area contributed by atoms with Gasteiger partial charge in [0.05, 0.1) is 0 Å². The van der Waals surface area contributed by atoms with Crippen molar-refractivity contribution >= 4 is 50.1 Å². The van der Waals surface area contributed by atoms with Gasteiger partial charge in [-0.05, 0) is 52.6 Å². The minimum Gasteiger partial charge on any atom is -0.122 e. The molecule has 0 bridgehead atoms. The van der Waals surface area contributed by atoms with Crippen molar-refractivity contribution in [1.82, 2.24) is 0 Å². The van der Waals surface area contributed by atoms with Crippen LogP contribution in [0.15, 0.2) is 18.2 Å². The zero-order valence-corrected chi connectivity index (χ0v) is 11.7. The molecule has 1 rings (SSSR count). The second-order valence-corrected chi connectivity index (χ2v) is 5.07. The highest BCUT2D eigenvalue weighted by atomic mass is 127. The summed E-state index contributed by atoms with van der Waals surface area (Å²) in [5.41, 5.74) is 2.63. The van der Waals surface area contributed by atoms with E-state index in [1.807, 2.05) is 0 Å². The van der Waals surface area contributed by atoms with Crippen LogP contribution >= 0.6 is 50.1 Å². The highest BCUT2D eigenvalue weighted by Crippen LogP contribution is 2.17. The van der Waals surface area contributed by atoms with Gasteiger partial charge in [0, 0.05) is 14.8 Å². The topological polar surface area (TPSA) is 0 Å². The Morgan fingerprint density at radius 2 is 2.15 bits per heavy atom. The summed E-state index contributed by atoms with van der Waals surface area (Å²) in [4.78, 5) is 0. The monoisotopic (exact) mass is 372 g/mol. The second-order valence-electron chi connectivity index (χ2n) is 2.85. The van der Waals surface area contributed by atoms with E-state index in [4.69, 9.17) is 11.6 Å². The van der Waals surface area contributed by atoms with Gasteiger partial charge in [0.1, 0.15) is 0 Å². The molecule has 3 heteroatoms. The predicted octanol–water partition coefficient (Wildman–Crippen LogP) is 4.36. The van der Waals surface area contributed by atoms with Crippen LogP contribution in [-0.4, -0.2) is 5.33 Å². The minimum absolute atomic E-state index is 0.608. The van der Waals surface area contributed by atoms with Crippen molar-refractivity contribution in [3.8, 4) is 0 Å². The van der Waals surface area contributed by atoms with Gasteiger partial charge in [-0.25, -0.2) is 0 Å². The molecule has 1 aromatic carbocycles. The maximum atomic E-state index is 5.78. The third-order valence-corrected chi connectivity index (χ3v) is 3.71. The van der Waals surface area contributed by atoms with Crippen LogP contribution in [0, 0.1) is 3.57 Å². The summed E-state index contributed by atoms with van der Waals surface area (Å²) in [6.07, 6.45) is 2.33. The Balaban J connectivity index is 2.71. The number of benzene rings is 1. The lowest BCUT2D eigenvalue weighted by Crippen LogP contribution is -1.90. The molecule has 0 spiro atoms. The zero-order valence-electron chi connectivity index (χ0n) is 7.19. The molecule has 0 aliphatic heterocycles. The highest BCUT2D eigenvalue weighted by Gasteiger charge is 1.99. The summed E-state index contributed by atoms with van der Waals surface area (Å²) in [6.45, 7) is 0. The molecule has 13 heavy (non-hydrogen) atoms. The fraction of sp³-hybridized carbons (Fsp3) is 0.400. The molecule has 1 aromatic rings. The molecule has 0 heterocycles. The van der Waals surface area contributed by atoms with Crippen molar-refractivity contribution in [2.75, 3.05) is 5.33 Å². The Morgan fingerprint density at radius 1 is 1.38 bits per heavy atom. The molecule has 0 unspecified atom stereocenters. The molecule has 0 fully saturated rings. The molecule has 0 saturated carbocycles. The Kier molecular flexibility index (Phi) is 5.67. The van der Waals surface area contributed by atoms with Crippen LogP contribution in [0.5, 0.6) is 0 Å². The number of rotatable bonds is 4. The van der Waals surface area contributed by atoms with Gasteiger partial charge in [0.15, 0.2) is 0 Å². The first-order valence-corrected chi connectivity index (χ1v) is 6.90. The summed E-state index contributed by atoms with van der Waals surface area (Å²) in [7, 11) is 0. The van der Waals surface area contributed by atoms with E-state index < -0.39 is 0 Å². The van der Waals surface area contributed by atoms with E-state index in [2.05, 4.69) is 56.7 Å². The largest absolute Gasteiger partial charge is 0.122 e. The molecule has 0 aliphatic rings. The highest BCUT2D eigenvalue weighted by molar-refractivity contribution is 14.1. The van der Waals surface area contributed by atoms with E-state index in [1.54, 1.807) is 0 Å². The number of halogens is 3. The average molecular weight is 373 g/mol. The SMILES string of the molecule is ClCc1ccc(CCCBr)cc1I. The van der Waals surface area contributed by atoms with Crippen LogP contribution in [0.25, 0.3) is 0 Å². The molecule has 0 radical (unpaired) electrons. The second kappa shape index (κ2) is 6.25. The number of aryl methyl sites for hydroxylation is 1. The molecule has 0 atom stereocenters. The van der Waals surface area contributed by atoms with Crippen LogP contribution in [0.3, 0.4) is 0 Å². The van der Waals surface area contributed by atoms with Gasteiger partial charge >= 0.3 is 0 Å². The van der Waals surface area contributed by atoms with Crippen LogP contribution in [0.1, 0.15) is 17.5 Å². The first-order valence-electron chi connectivity index (χ1n) is 4.17. The summed E-state index contributed by atoms with van der Waals surface area (Å²) < 4.78 is 1.28. The summed E-state index contributed by atoms with van der Waals surface area (Å²) >= 11 is 11.5. The average Bonchev–Trinajstić information content (AvgIpc) is 2.15. The fourth-order valence-electron chi connectivity index (χ4n) is 1.13. The standard InChI is InChI=1S/C10H11BrClI/c11-5-1-2-8-3-4-9(7-12)10(13)6-8/h3-4,6H,1-2,5,7H2. The van der Waals surface area contributed by atoms with E-state index in [0.717, 1.165) is 11.8 Å². The van der Waals surface area contributed by atoms with E-state index in [0.29, 0.717) is 5.88 Å². The maximum absolute atomic E-state index is 5.78. The molecule has 0 N–H and O–H groups in total. The number of hydrogen-bond acceptors (Lipinski definition) is 0. The van der Waals surface area contributed by atoms with Crippen molar-refractivity contribution in [2.45, 2.75) is 18.7 Å². The minimum atomic E-state index is 0.608. The van der Waals surface area contributed by atoms with Crippen LogP contribution < -0.4 is 0 Å². The first-order chi connectivity index (χ1) is 6.27. The van der Waals surface area contributed by atoms with Crippen LogP contribution in [-0.2, 0) is 12.3 Å². The van der Waals surface area contributed by atoms with E-state index in [9.17, 15) is 0 Å². The van der Waals surface area contributed by atoms with Crippen LogP contribution in [0.4, 0.5) is 0 Å². The van der Waals surface area contributed by atoms with Gasteiger partial charge < -0.3 is 0 Å². The molecular formula is C10H11BrClI. The predicted molar refractivity (Wildman–Crippen MR) is 70.8 cm³/mol. The molecule has 0 aliphatic carbocycles. The Morgan fingerprint density at radius 3 is 2.69 bits per heavy atom. The summed E-state index contributed by atoms with van der Waals surface area (Å²) in [5, 5.41) is 1.07. The maximum Gasteiger partial charge on any atom is 0.0484 e. The molecule has 72 valence electrons. The Hall–Kier alpha value is 0.720. The third kappa shape index (κ3) is 3.76. The van der Waals surface area contributed by atoms with Crippen molar-refractivity contribution < 1.29 is 0 Å². The fourth-order valence-corrected chi connectivity index (χ4v) is 2.63. The molecular weight excluding hydrogens is 362 g/mol. The molecule has 0 aromatic heterocycles. The molecule has 0 saturated heterocycles. The quantitative estimate of drug-likeness (QED) is 0.544. The molecule has 0 nitrogen and oxygen atoms in total. The van der Waals surface area contributed by atoms with E-state index >= 15 is 0 Å². The summed E-state index contributed by atoms with van der Waals surface area (Å²) in [5.74, 6) is 0.608. The third-order valence-electron chi connectivity index (χ3n) is 1.86. The first kappa shape index (κ1) is 11.8. The smallest absolute Gasteiger partial charge is 0.0484 e. The van der Waals surface area contributed by atoms with Gasteiger partial charge in [0.25, 0.3) is 0 Å². The number of hydrogen-bond donors (Lipinski definition) is 0. The zero-order chi connectivity index (χ0) is 9.68. The Labute approximate surface area is 106 Å². The normalized spacial score (nSPS) is 10.4. The lowest BCUT2D eigenvalue weighted by Gasteiger charge is -2.03. The molecule has 0 amide bonds. The van der Waals surface area contributed by atoms with Gasteiger partial charge in [-0.3, -0.25) is 0 Å². The van der Waals surface area contributed by atoms with Crippen molar-refractivity contribution in [3.63, 3.8) is 0 Å². The lowest BCUT2D eigenvalue weighted by molar-refractivity contribution is 0.937. The van der Waals surface area contributed by atoms with Crippen LogP contribution in [0.2, 0.25) is 0 Å².